The van der Waals surface area contributed by atoms with Gasteiger partial charge in [0.2, 0.25) is 0 Å². The van der Waals surface area contributed by atoms with Gasteiger partial charge in [0, 0.05) is 24.8 Å². The smallest absolute Gasteiger partial charge is 0.147 e. The summed E-state index contributed by atoms with van der Waals surface area (Å²) in [4.78, 5) is 10.9. The van der Waals surface area contributed by atoms with Crippen molar-refractivity contribution >= 4 is 17.4 Å². The SMILES string of the molecule is CNCc1cncc(N(C)C(C)c2ccccc2Cl)n1. The van der Waals surface area contributed by atoms with Crippen molar-refractivity contribution in [3.63, 3.8) is 0 Å². The summed E-state index contributed by atoms with van der Waals surface area (Å²) in [6, 6.07) is 8.00. The molecule has 1 aromatic carbocycles. The molecule has 0 aliphatic carbocycles. The zero-order valence-corrected chi connectivity index (χ0v) is 12.7. The normalized spacial score (nSPS) is 12.2. The molecule has 1 heterocycles. The minimum atomic E-state index is 0.128. The van der Waals surface area contributed by atoms with E-state index in [4.69, 9.17) is 11.6 Å². The minimum absolute atomic E-state index is 0.128. The Labute approximate surface area is 124 Å². The van der Waals surface area contributed by atoms with E-state index in [0.29, 0.717) is 6.54 Å². The van der Waals surface area contributed by atoms with Crippen LogP contribution in [0, 0.1) is 0 Å². The first-order chi connectivity index (χ1) is 9.63. The third kappa shape index (κ3) is 3.26. The van der Waals surface area contributed by atoms with Crippen LogP contribution >= 0.6 is 11.6 Å². The van der Waals surface area contributed by atoms with E-state index in [1.165, 1.54) is 0 Å². The summed E-state index contributed by atoms with van der Waals surface area (Å²) in [5, 5.41) is 3.85. The van der Waals surface area contributed by atoms with E-state index in [1.54, 1.807) is 12.4 Å². The highest BCUT2D eigenvalue weighted by Gasteiger charge is 2.16. The fraction of sp³-hybridized carbons (Fsp3) is 0.333. The van der Waals surface area contributed by atoms with Gasteiger partial charge in [-0.3, -0.25) is 4.98 Å². The quantitative estimate of drug-likeness (QED) is 0.919. The molecule has 4 nitrogen and oxygen atoms in total. The predicted octanol–water partition coefficient (Wildman–Crippen LogP) is 3.05. The molecule has 0 aliphatic heterocycles. The van der Waals surface area contributed by atoms with Crippen molar-refractivity contribution in [3.8, 4) is 0 Å². The highest BCUT2D eigenvalue weighted by molar-refractivity contribution is 6.31. The minimum Gasteiger partial charge on any atom is -0.352 e. The highest BCUT2D eigenvalue weighted by atomic mass is 35.5. The Morgan fingerprint density at radius 3 is 2.75 bits per heavy atom. The molecule has 0 saturated carbocycles. The van der Waals surface area contributed by atoms with Crippen molar-refractivity contribution in [1.29, 1.82) is 0 Å². The fourth-order valence-corrected chi connectivity index (χ4v) is 2.35. The maximum absolute atomic E-state index is 6.26. The Hall–Kier alpha value is -1.65. The van der Waals surface area contributed by atoms with Gasteiger partial charge >= 0.3 is 0 Å². The second-order valence-corrected chi connectivity index (χ2v) is 5.11. The van der Waals surface area contributed by atoms with Gasteiger partial charge in [-0.15, -0.1) is 0 Å². The average Bonchev–Trinajstić information content (AvgIpc) is 2.47. The molecule has 2 aromatic rings. The van der Waals surface area contributed by atoms with Crippen LogP contribution < -0.4 is 10.2 Å². The van der Waals surface area contributed by atoms with Crippen molar-refractivity contribution in [3.05, 3.63) is 52.9 Å². The van der Waals surface area contributed by atoms with Gasteiger partial charge in [0.15, 0.2) is 0 Å². The molecule has 0 spiro atoms. The van der Waals surface area contributed by atoms with Crippen LogP contribution in [0.3, 0.4) is 0 Å². The van der Waals surface area contributed by atoms with Gasteiger partial charge in [-0.2, -0.15) is 0 Å². The van der Waals surface area contributed by atoms with Gasteiger partial charge in [-0.1, -0.05) is 29.8 Å². The molecule has 0 fully saturated rings. The van der Waals surface area contributed by atoms with Gasteiger partial charge in [-0.05, 0) is 25.6 Å². The van der Waals surface area contributed by atoms with E-state index in [9.17, 15) is 0 Å². The van der Waals surface area contributed by atoms with Gasteiger partial charge in [0.1, 0.15) is 5.82 Å². The number of anilines is 1. The number of halogens is 1. The van der Waals surface area contributed by atoms with Gasteiger partial charge < -0.3 is 10.2 Å². The van der Waals surface area contributed by atoms with E-state index in [1.807, 2.05) is 38.4 Å². The number of rotatable bonds is 5. The van der Waals surface area contributed by atoms with Crippen LogP contribution in [-0.4, -0.2) is 24.1 Å². The molecule has 1 N–H and O–H groups in total. The second kappa shape index (κ2) is 6.68. The van der Waals surface area contributed by atoms with Gasteiger partial charge in [-0.25, -0.2) is 4.98 Å². The maximum Gasteiger partial charge on any atom is 0.147 e. The van der Waals surface area contributed by atoms with E-state index < -0.39 is 0 Å². The third-order valence-electron chi connectivity index (χ3n) is 3.33. The Morgan fingerprint density at radius 2 is 2.05 bits per heavy atom. The maximum atomic E-state index is 6.26. The zero-order chi connectivity index (χ0) is 14.5. The molecule has 20 heavy (non-hydrogen) atoms. The summed E-state index contributed by atoms with van der Waals surface area (Å²) < 4.78 is 0. The average molecular weight is 291 g/mol. The first-order valence-electron chi connectivity index (χ1n) is 6.56. The van der Waals surface area contributed by atoms with Crippen LogP contribution in [0.25, 0.3) is 0 Å². The molecule has 0 amide bonds. The molecule has 0 aliphatic rings. The van der Waals surface area contributed by atoms with Crippen molar-refractivity contribution < 1.29 is 0 Å². The number of hydrogen-bond acceptors (Lipinski definition) is 4. The molecule has 0 radical (unpaired) electrons. The standard InChI is InChI=1S/C15H19ClN4/c1-11(13-6-4-5-7-14(13)16)20(3)15-10-18-9-12(19-15)8-17-2/h4-7,9-11,17H,8H2,1-3H3. The third-order valence-corrected chi connectivity index (χ3v) is 3.67. The van der Waals surface area contributed by atoms with E-state index in [0.717, 1.165) is 22.1 Å². The first-order valence-corrected chi connectivity index (χ1v) is 6.94. The molecule has 1 unspecified atom stereocenters. The van der Waals surface area contributed by atoms with Crippen molar-refractivity contribution in [2.24, 2.45) is 0 Å². The molecular formula is C15H19ClN4. The Bertz CT molecular complexity index is 573. The Balaban J connectivity index is 2.24. The number of hydrogen-bond donors (Lipinski definition) is 1. The Kier molecular flexibility index (Phi) is 4.93. The molecule has 1 atom stereocenters. The summed E-state index contributed by atoms with van der Waals surface area (Å²) in [6.07, 6.45) is 3.54. The lowest BCUT2D eigenvalue weighted by atomic mass is 10.1. The molecule has 0 bridgehead atoms. The summed E-state index contributed by atoms with van der Waals surface area (Å²) >= 11 is 6.26. The molecule has 1 aromatic heterocycles. The molecule has 0 saturated heterocycles. The first kappa shape index (κ1) is 14.8. The summed E-state index contributed by atoms with van der Waals surface area (Å²) in [5.41, 5.74) is 2.00. The van der Waals surface area contributed by atoms with Crippen LogP contribution in [0.2, 0.25) is 5.02 Å². The van der Waals surface area contributed by atoms with Crippen LogP contribution in [0.1, 0.15) is 24.2 Å². The van der Waals surface area contributed by atoms with Crippen LogP contribution in [0.4, 0.5) is 5.82 Å². The van der Waals surface area contributed by atoms with E-state index >= 15 is 0 Å². The lowest BCUT2D eigenvalue weighted by Gasteiger charge is -2.27. The van der Waals surface area contributed by atoms with E-state index in [-0.39, 0.29) is 6.04 Å². The summed E-state index contributed by atoms with van der Waals surface area (Å²) in [7, 11) is 3.89. The van der Waals surface area contributed by atoms with Gasteiger partial charge in [0.25, 0.3) is 0 Å². The number of nitrogens with zero attached hydrogens (tertiary/aromatic N) is 3. The zero-order valence-electron chi connectivity index (χ0n) is 12.0. The van der Waals surface area contributed by atoms with E-state index in [2.05, 4.69) is 27.1 Å². The number of benzene rings is 1. The molecule has 5 heteroatoms. The fourth-order valence-electron chi connectivity index (χ4n) is 2.05. The van der Waals surface area contributed by atoms with Crippen molar-refractivity contribution in [2.45, 2.75) is 19.5 Å². The van der Waals surface area contributed by atoms with Crippen molar-refractivity contribution in [2.75, 3.05) is 19.0 Å². The predicted molar refractivity (Wildman–Crippen MR) is 83.1 cm³/mol. The van der Waals surface area contributed by atoms with Crippen LogP contribution in [0.5, 0.6) is 0 Å². The lowest BCUT2D eigenvalue weighted by Crippen LogP contribution is -2.23. The largest absolute Gasteiger partial charge is 0.352 e. The van der Waals surface area contributed by atoms with Gasteiger partial charge in [0.05, 0.1) is 17.9 Å². The summed E-state index contributed by atoms with van der Waals surface area (Å²) in [6.45, 7) is 2.81. The molecular weight excluding hydrogens is 272 g/mol. The number of aromatic nitrogens is 2. The second-order valence-electron chi connectivity index (χ2n) is 4.71. The molecule has 106 valence electrons. The lowest BCUT2D eigenvalue weighted by molar-refractivity contribution is 0.714. The summed E-state index contributed by atoms with van der Waals surface area (Å²) in [5.74, 6) is 0.838. The van der Waals surface area contributed by atoms with Crippen LogP contribution in [-0.2, 0) is 6.54 Å². The topological polar surface area (TPSA) is 41.1 Å². The van der Waals surface area contributed by atoms with Crippen LogP contribution in [0.15, 0.2) is 36.7 Å². The monoisotopic (exact) mass is 290 g/mol. The molecule has 2 rings (SSSR count). The van der Waals surface area contributed by atoms with Crippen molar-refractivity contribution in [1.82, 2.24) is 15.3 Å². The highest BCUT2D eigenvalue weighted by Crippen LogP contribution is 2.28. The number of nitrogens with one attached hydrogen (secondary N) is 1. The Morgan fingerprint density at radius 1 is 1.30 bits per heavy atom.